The molecule has 0 amide bonds. The molecule has 0 aromatic heterocycles. The van der Waals surface area contributed by atoms with Crippen LogP contribution < -0.4 is 17.2 Å². The fraction of sp³-hybridized carbons (Fsp3) is 0.600. The Morgan fingerprint density at radius 2 is 1.75 bits per heavy atom. The van der Waals surface area contributed by atoms with Crippen LogP contribution in [-0.4, -0.2) is 35.4 Å². The molecule has 2 unspecified atom stereocenters. The highest BCUT2D eigenvalue weighted by atomic mass is 28.3. The Hall–Kier alpha value is -0.503. The fourth-order valence-corrected chi connectivity index (χ4v) is 1.90. The maximum absolute atomic E-state index is 5.90. The van der Waals surface area contributed by atoms with E-state index in [0.29, 0.717) is 6.42 Å². The summed E-state index contributed by atoms with van der Waals surface area (Å²) in [5.41, 5.74) is 15.8. The first-order valence-electron chi connectivity index (χ1n) is 5.00. The minimum absolute atomic E-state index is 0.162. The minimum atomic E-state index is -0.812. The summed E-state index contributed by atoms with van der Waals surface area (Å²) in [5.74, 6) is 0.162. The molecule has 2 atom stereocenters. The molecule has 1 aliphatic carbocycles. The number of nitrogens with two attached hydrogens (primary N) is 3. The first-order chi connectivity index (χ1) is 7.39. The van der Waals surface area contributed by atoms with Gasteiger partial charge in [0.2, 0.25) is 0 Å². The number of rotatable bonds is 4. The van der Waals surface area contributed by atoms with Crippen LogP contribution in [0.1, 0.15) is 6.42 Å². The van der Waals surface area contributed by atoms with Crippen LogP contribution in [-0.2, 0) is 8.85 Å². The Labute approximate surface area is 99.7 Å². The molecular formula is C10H23N3O2Si. The molecule has 5 nitrogen and oxygen atoms in total. The molecular weight excluding hydrogens is 222 g/mol. The highest BCUT2D eigenvalue weighted by molar-refractivity contribution is 6.17. The van der Waals surface area contributed by atoms with E-state index < -0.39 is 21.2 Å². The van der Waals surface area contributed by atoms with Crippen LogP contribution in [0, 0.1) is 5.92 Å². The molecule has 1 rings (SSSR count). The maximum Gasteiger partial charge on any atom is 0.303 e. The largest absolute Gasteiger partial charge is 0.402 e. The molecule has 16 heavy (non-hydrogen) atoms. The molecule has 0 aromatic carbocycles. The van der Waals surface area contributed by atoms with Crippen molar-refractivity contribution in [2.75, 3.05) is 14.2 Å². The average Bonchev–Trinajstić information content (AvgIpc) is 2.26. The van der Waals surface area contributed by atoms with Gasteiger partial charge in [0.25, 0.3) is 0 Å². The van der Waals surface area contributed by atoms with Gasteiger partial charge in [0.05, 0.1) is 11.2 Å². The maximum atomic E-state index is 5.90. The summed E-state index contributed by atoms with van der Waals surface area (Å²) >= 11 is 0. The molecule has 0 saturated heterocycles. The van der Waals surface area contributed by atoms with Crippen LogP contribution in [0.2, 0.25) is 0 Å². The van der Waals surface area contributed by atoms with Gasteiger partial charge in [0.1, 0.15) is 0 Å². The van der Waals surface area contributed by atoms with Crippen LogP contribution in [0.5, 0.6) is 0 Å². The summed E-state index contributed by atoms with van der Waals surface area (Å²) in [6.45, 7) is 7.27. The van der Waals surface area contributed by atoms with Gasteiger partial charge in [-0.15, -0.1) is 13.2 Å². The molecule has 0 radical (unpaired) electrons. The molecule has 1 aliphatic rings. The zero-order valence-corrected chi connectivity index (χ0v) is 11.5. The molecule has 6 N–H and O–H groups in total. The van der Waals surface area contributed by atoms with Crippen LogP contribution in [0.25, 0.3) is 0 Å². The standard InChI is InChI=1S/C8H15N3.C2H8O2Si/c1-3-6-5-8(10,11)7(6,9)4-2;1-3-5-4-2/h3-4,6H,1-2,5,9-11H2;5H2,1-2H3. The van der Waals surface area contributed by atoms with E-state index in [4.69, 9.17) is 17.2 Å². The van der Waals surface area contributed by atoms with E-state index >= 15 is 0 Å². The van der Waals surface area contributed by atoms with E-state index in [9.17, 15) is 0 Å². The molecule has 0 aliphatic heterocycles. The zero-order valence-electron chi connectivity index (χ0n) is 10.1. The minimum Gasteiger partial charge on any atom is -0.402 e. The van der Waals surface area contributed by atoms with Crippen molar-refractivity contribution >= 4 is 10.0 Å². The van der Waals surface area contributed by atoms with E-state index in [1.54, 1.807) is 26.4 Å². The van der Waals surface area contributed by atoms with Crippen LogP contribution in [0.15, 0.2) is 25.3 Å². The SMILES string of the molecule is C=CC1CC(N)(N)C1(N)C=C.CO[SiH2]OC. The summed E-state index contributed by atoms with van der Waals surface area (Å²) < 4.78 is 9.22. The molecule has 94 valence electrons. The third kappa shape index (κ3) is 3.00. The first kappa shape index (κ1) is 15.5. The third-order valence-electron chi connectivity index (χ3n) is 2.84. The van der Waals surface area contributed by atoms with Gasteiger partial charge in [-0.3, -0.25) is 0 Å². The predicted molar refractivity (Wildman–Crippen MR) is 69.1 cm³/mol. The van der Waals surface area contributed by atoms with Crippen molar-refractivity contribution in [3.05, 3.63) is 25.3 Å². The summed E-state index contributed by atoms with van der Waals surface area (Å²) in [5, 5.41) is 0. The van der Waals surface area contributed by atoms with Crippen molar-refractivity contribution in [1.29, 1.82) is 0 Å². The molecule has 0 bridgehead atoms. The van der Waals surface area contributed by atoms with Crippen molar-refractivity contribution in [2.24, 2.45) is 23.1 Å². The van der Waals surface area contributed by atoms with Crippen molar-refractivity contribution < 1.29 is 8.85 Å². The molecule has 0 heterocycles. The van der Waals surface area contributed by atoms with Crippen molar-refractivity contribution in [1.82, 2.24) is 0 Å². The second-order valence-corrected chi connectivity index (χ2v) is 5.31. The smallest absolute Gasteiger partial charge is 0.303 e. The fourth-order valence-electron chi connectivity index (χ4n) is 1.66. The van der Waals surface area contributed by atoms with Gasteiger partial charge >= 0.3 is 10.0 Å². The number of hydrogen-bond donors (Lipinski definition) is 3. The van der Waals surface area contributed by atoms with Crippen molar-refractivity contribution in [3.63, 3.8) is 0 Å². The second-order valence-electron chi connectivity index (χ2n) is 3.92. The molecule has 1 fully saturated rings. The van der Waals surface area contributed by atoms with E-state index in [2.05, 4.69) is 22.0 Å². The molecule has 0 spiro atoms. The normalized spacial score (nSPS) is 30.7. The van der Waals surface area contributed by atoms with Crippen LogP contribution >= 0.6 is 0 Å². The summed E-state index contributed by atoms with van der Waals surface area (Å²) in [4.78, 5) is 0. The van der Waals surface area contributed by atoms with Crippen LogP contribution in [0.3, 0.4) is 0 Å². The summed E-state index contributed by atoms with van der Waals surface area (Å²) in [6.07, 6.45) is 4.07. The quantitative estimate of drug-likeness (QED) is 0.334. The average molecular weight is 245 g/mol. The summed E-state index contributed by atoms with van der Waals surface area (Å²) in [6, 6.07) is 0. The molecule has 0 aromatic rings. The number of hydrogen-bond acceptors (Lipinski definition) is 5. The van der Waals surface area contributed by atoms with Crippen molar-refractivity contribution in [2.45, 2.75) is 17.6 Å². The molecule has 1 saturated carbocycles. The third-order valence-corrected chi connectivity index (χ3v) is 3.31. The zero-order chi connectivity index (χ0) is 12.8. The van der Waals surface area contributed by atoms with Gasteiger partial charge in [0.15, 0.2) is 0 Å². The van der Waals surface area contributed by atoms with Crippen LogP contribution in [0.4, 0.5) is 0 Å². The Morgan fingerprint density at radius 3 is 1.88 bits per heavy atom. The van der Waals surface area contributed by atoms with E-state index in [1.165, 1.54) is 0 Å². The summed E-state index contributed by atoms with van der Waals surface area (Å²) in [7, 11) is 2.73. The van der Waals surface area contributed by atoms with Gasteiger partial charge in [-0.1, -0.05) is 12.2 Å². The first-order valence-corrected chi connectivity index (χ1v) is 6.15. The predicted octanol–water partition coefficient (Wildman–Crippen LogP) is -1.03. The highest BCUT2D eigenvalue weighted by Crippen LogP contribution is 2.42. The second kappa shape index (κ2) is 6.29. The van der Waals surface area contributed by atoms with Gasteiger partial charge in [-0.05, 0) is 6.42 Å². The van der Waals surface area contributed by atoms with Gasteiger partial charge in [-0.25, -0.2) is 0 Å². The lowest BCUT2D eigenvalue weighted by atomic mass is 9.59. The lowest BCUT2D eigenvalue weighted by molar-refractivity contribution is 0.0791. The Kier molecular flexibility index (Phi) is 6.09. The monoisotopic (exact) mass is 245 g/mol. The Bertz CT molecular complexity index is 246. The lowest BCUT2D eigenvalue weighted by Crippen LogP contribution is -2.81. The lowest BCUT2D eigenvalue weighted by Gasteiger charge is -2.56. The molecule has 6 heteroatoms. The topological polar surface area (TPSA) is 96.5 Å². The van der Waals surface area contributed by atoms with Gasteiger partial charge in [0, 0.05) is 20.1 Å². The highest BCUT2D eigenvalue weighted by Gasteiger charge is 2.56. The van der Waals surface area contributed by atoms with Gasteiger partial charge < -0.3 is 26.1 Å². The van der Waals surface area contributed by atoms with E-state index in [0.717, 1.165) is 0 Å². The van der Waals surface area contributed by atoms with Gasteiger partial charge in [-0.2, -0.15) is 0 Å². The van der Waals surface area contributed by atoms with E-state index in [-0.39, 0.29) is 5.92 Å². The Morgan fingerprint density at radius 1 is 1.25 bits per heavy atom. The van der Waals surface area contributed by atoms with Crippen molar-refractivity contribution in [3.8, 4) is 0 Å². The van der Waals surface area contributed by atoms with E-state index in [1.807, 2.05) is 0 Å². The Balaban J connectivity index is 0.000000385.